The SMILES string of the molecule is C/C(=C(\CCO)SC=O)N(Cc1cnc(C)nc1N)C(=O)I. The second-order valence-corrected chi connectivity index (χ2v) is 6.21. The molecule has 0 spiro atoms. The van der Waals surface area contributed by atoms with E-state index in [1.807, 2.05) is 0 Å². The topological polar surface area (TPSA) is 109 Å². The molecule has 7 nitrogen and oxygen atoms in total. The number of aliphatic hydroxyl groups is 1. The second-order valence-electron chi connectivity index (χ2n) is 4.36. The van der Waals surface area contributed by atoms with Gasteiger partial charge in [-0.05, 0) is 13.8 Å². The van der Waals surface area contributed by atoms with Crippen LogP contribution in [0, 0.1) is 6.92 Å². The highest BCUT2D eigenvalue weighted by Gasteiger charge is 2.18. The molecule has 0 radical (unpaired) electrons. The van der Waals surface area contributed by atoms with Crippen LogP contribution in [0.1, 0.15) is 24.7 Å². The number of aryl methyl sites for hydroxylation is 1. The van der Waals surface area contributed by atoms with Crippen molar-refractivity contribution in [3.05, 3.63) is 28.2 Å². The molecule has 0 aromatic carbocycles. The van der Waals surface area contributed by atoms with Crippen molar-refractivity contribution in [3.63, 3.8) is 0 Å². The highest BCUT2D eigenvalue weighted by Crippen LogP contribution is 2.26. The number of nitrogens with two attached hydrogens (primary N) is 1. The molecule has 22 heavy (non-hydrogen) atoms. The van der Waals surface area contributed by atoms with Gasteiger partial charge >= 0.3 is 0 Å². The number of carbonyl (C=O) groups excluding carboxylic acids is 2. The molecule has 0 aliphatic carbocycles. The number of rotatable bonds is 7. The Morgan fingerprint density at radius 1 is 1.59 bits per heavy atom. The van der Waals surface area contributed by atoms with Crippen molar-refractivity contribution in [1.82, 2.24) is 14.9 Å². The molecule has 1 aromatic rings. The average Bonchev–Trinajstić information content (AvgIpc) is 2.45. The number of thioether (sulfide) groups is 1. The van der Waals surface area contributed by atoms with Crippen molar-refractivity contribution in [1.29, 1.82) is 0 Å². The zero-order chi connectivity index (χ0) is 16.7. The third-order valence-corrected chi connectivity index (χ3v) is 4.36. The normalized spacial score (nSPS) is 11.8. The van der Waals surface area contributed by atoms with Gasteiger partial charge in [-0.25, -0.2) is 9.97 Å². The molecule has 0 unspecified atom stereocenters. The highest BCUT2D eigenvalue weighted by atomic mass is 127. The Balaban J connectivity index is 3.14. The van der Waals surface area contributed by atoms with Crippen LogP contribution in [0.15, 0.2) is 16.8 Å². The fraction of sp³-hybridized carbons (Fsp3) is 0.385. The Kier molecular flexibility index (Phi) is 7.76. The number of carbonyl (C=O) groups is 2. The van der Waals surface area contributed by atoms with E-state index in [1.54, 1.807) is 42.6 Å². The van der Waals surface area contributed by atoms with E-state index >= 15 is 0 Å². The van der Waals surface area contributed by atoms with E-state index in [0.717, 1.165) is 11.8 Å². The first-order valence-corrected chi connectivity index (χ1v) is 8.32. The van der Waals surface area contributed by atoms with E-state index < -0.39 is 0 Å². The standard InChI is InChI=1S/C13H17IN4O3S/c1-8(11(3-4-19)22-7-20)18(13(14)21)6-10-5-16-9(2)17-12(10)15/h5,7,19H,3-4,6H2,1-2H3,(H2,15,16,17)/b11-8-. The zero-order valence-electron chi connectivity index (χ0n) is 12.2. The number of nitrogens with zero attached hydrogens (tertiary/aromatic N) is 3. The van der Waals surface area contributed by atoms with Crippen LogP contribution in [0.25, 0.3) is 0 Å². The maximum absolute atomic E-state index is 11.9. The maximum atomic E-state index is 11.9. The van der Waals surface area contributed by atoms with E-state index in [1.165, 1.54) is 4.90 Å². The monoisotopic (exact) mass is 436 g/mol. The minimum Gasteiger partial charge on any atom is -0.396 e. The van der Waals surface area contributed by atoms with Gasteiger partial charge in [-0.1, -0.05) is 11.8 Å². The molecular weight excluding hydrogens is 419 g/mol. The number of anilines is 1. The quantitative estimate of drug-likeness (QED) is 0.292. The lowest BCUT2D eigenvalue weighted by Gasteiger charge is -2.23. The van der Waals surface area contributed by atoms with Crippen molar-refractivity contribution < 1.29 is 14.7 Å². The summed E-state index contributed by atoms with van der Waals surface area (Å²) in [6.45, 7) is 3.55. The van der Waals surface area contributed by atoms with E-state index in [9.17, 15) is 9.59 Å². The van der Waals surface area contributed by atoms with Gasteiger partial charge in [-0.15, -0.1) is 0 Å². The highest BCUT2D eigenvalue weighted by molar-refractivity contribution is 14.1. The van der Waals surface area contributed by atoms with Crippen LogP contribution >= 0.6 is 34.4 Å². The van der Waals surface area contributed by atoms with Crippen LogP contribution in [0.5, 0.6) is 0 Å². The first-order chi connectivity index (χ1) is 10.4. The largest absolute Gasteiger partial charge is 0.396 e. The number of allylic oxidation sites excluding steroid dienone is 1. The van der Waals surface area contributed by atoms with Crippen molar-refractivity contribution in [2.45, 2.75) is 26.8 Å². The number of nitrogen functional groups attached to an aromatic ring is 1. The lowest BCUT2D eigenvalue weighted by atomic mass is 10.2. The van der Waals surface area contributed by atoms with Crippen LogP contribution in [-0.2, 0) is 11.3 Å². The van der Waals surface area contributed by atoms with Gasteiger partial charge in [-0.2, -0.15) is 0 Å². The van der Waals surface area contributed by atoms with E-state index in [0.29, 0.717) is 39.8 Å². The van der Waals surface area contributed by atoms with Crippen LogP contribution < -0.4 is 5.73 Å². The smallest absolute Gasteiger partial charge is 0.287 e. The van der Waals surface area contributed by atoms with Gasteiger partial charge in [-0.3, -0.25) is 9.59 Å². The van der Waals surface area contributed by atoms with Gasteiger partial charge in [0.05, 0.1) is 6.54 Å². The van der Waals surface area contributed by atoms with Crippen LogP contribution in [0.4, 0.5) is 10.6 Å². The predicted octanol–water partition coefficient (Wildman–Crippen LogP) is 2.26. The summed E-state index contributed by atoms with van der Waals surface area (Å²) in [6, 6.07) is 0. The molecule has 9 heteroatoms. The third-order valence-electron chi connectivity index (χ3n) is 2.90. The van der Waals surface area contributed by atoms with Crippen LogP contribution in [0.3, 0.4) is 0 Å². The Labute approximate surface area is 146 Å². The molecule has 0 atom stereocenters. The third kappa shape index (κ3) is 5.21. The number of hydrogen-bond acceptors (Lipinski definition) is 7. The first-order valence-electron chi connectivity index (χ1n) is 6.36. The molecule has 0 bridgehead atoms. The van der Waals surface area contributed by atoms with E-state index in [2.05, 4.69) is 9.97 Å². The summed E-state index contributed by atoms with van der Waals surface area (Å²) in [5.41, 5.74) is 7.75. The van der Waals surface area contributed by atoms with Gasteiger partial charge in [0.15, 0.2) is 5.62 Å². The number of aromatic nitrogens is 2. The number of amides is 1. The molecular formula is C13H17IN4O3S. The van der Waals surface area contributed by atoms with Gasteiger partial charge in [0, 0.05) is 58.0 Å². The van der Waals surface area contributed by atoms with Crippen molar-refractivity contribution >= 4 is 49.7 Å². The van der Waals surface area contributed by atoms with Crippen molar-refractivity contribution in [2.24, 2.45) is 0 Å². The summed E-state index contributed by atoms with van der Waals surface area (Å²) in [7, 11) is 0. The summed E-state index contributed by atoms with van der Waals surface area (Å²) < 4.78 is -0.225. The molecule has 1 aromatic heterocycles. The molecule has 1 rings (SSSR count). The van der Waals surface area contributed by atoms with Crippen LogP contribution in [-0.4, -0.2) is 36.1 Å². The second kappa shape index (κ2) is 9.06. The summed E-state index contributed by atoms with van der Waals surface area (Å²) in [5.74, 6) is 0.869. The number of aliphatic hydroxyl groups excluding tert-OH is 1. The summed E-state index contributed by atoms with van der Waals surface area (Å²) in [5, 5.41) is 9.09. The van der Waals surface area contributed by atoms with Gasteiger partial charge in [0.25, 0.3) is 3.91 Å². The maximum Gasteiger partial charge on any atom is 0.287 e. The molecule has 1 heterocycles. The van der Waals surface area contributed by atoms with Gasteiger partial charge in [0.1, 0.15) is 11.6 Å². The Hall–Kier alpha value is -1.20. The molecule has 0 aliphatic heterocycles. The lowest BCUT2D eigenvalue weighted by Crippen LogP contribution is -2.25. The Morgan fingerprint density at radius 2 is 2.27 bits per heavy atom. The average molecular weight is 436 g/mol. The Bertz CT molecular complexity index is 595. The summed E-state index contributed by atoms with van der Waals surface area (Å²) in [4.78, 5) is 32.9. The fourth-order valence-corrected chi connectivity index (χ4v) is 2.89. The lowest BCUT2D eigenvalue weighted by molar-refractivity contribution is 0.236. The zero-order valence-corrected chi connectivity index (χ0v) is 15.2. The first kappa shape index (κ1) is 18.8. The summed E-state index contributed by atoms with van der Waals surface area (Å²) in [6.07, 6.45) is 1.88. The molecule has 0 saturated carbocycles. The van der Waals surface area contributed by atoms with Gasteiger partial charge < -0.3 is 15.7 Å². The predicted molar refractivity (Wildman–Crippen MR) is 94.9 cm³/mol. The number of halogens is 1. The summed E-state index contributed by atoms with van der Waals surface area (Å²) >= 11 is 2.62. The fourth-order valence-electron chi connectivity index (χ4n) is 1.75. The molecule has 0 fully saturated rings. The molecule has 0 aliphatic rings. The van der Waals surface area contributed by atoms with Crippen LogP contribution in [0.2, 0.25) is 0 Å². The van der Waals surface area contributed by atoms with Crippen molar-refractivity contribution in [2.75, 3.05) is 12.3 Å². The minimum absolute atomic E-state index is 0.105. The van der Waals surface area contributed by atoms with E-state index in [-0.39, 0.29) is 17.1 Å². The Morgan fingerprint density at radius 3 is 2.77 bits per heavy atom. The molecule has 0 saturated heterocycles. The number of hydrogen-bond donors (Lipinski definition) is 2. The molecule has 120 valence electrons. The molecule has 1 amide bonds. The molecule has 3 N–H and O–H groups in total. The minimum atomic E-state index is -0.225. The van der Waals surface area contributed by atoms with Gasteiger partial charge in [0.2, 0.25) is 0 Å². The van der Waals surface area contributed by atoms with Crippen molar-refractivity contribution in [3.8, 4) is 0 Å². The van der Waals surface area contributed by atoms with E-state index in [4.69, 9.17) is 10.8 Å².